The molecule has 11 aromatic rings. The van der Waals surface area contributed by atoms with Crippen LogP contribution in [0.15, 0.2) is 283 Å². The molecule has 10 aromatic carbocycles. The number of allylic oxidation sites excluding steroid dienone is 14. The molecule has 0 atom stereocenters. The van der Waals surface area contributed by atoms with Crippen LogP contribution in [0.4, 0.5) is 17.1 Å². The number of rotatable bonds is 34. The fraction of sp³-hybridized carbons (Fsp3) is 0.336. The maximum absolute atomic E-state index is 11.2. The van der Waals surface area contributed by atoms with E-state index in [1.54, 1.807) is 12.1 Å². The normalized spacial score (nSPS) is 15.7. The Morgan fingerprint density at radius 3 is 1.73 bits per heavy atom. The van der Waals surface area contributed by atoms with Crippen LogP contribution in [0.2, 0.25) is 0 Å². The second-order valence-corrected chi connectivity index (χ2v) is 37.2. The Kier molecular flexibility index (Phi) is 34.6. The predicted molar refractivity (Wildman–Crippen MR) is 511 cm³/mol. The van der Waals surface area contributed by atoms with Gasteiger partial charge in [-0.2, -0.15) is 15.6 Å². The average molecular weight is 1730 g/mol. The van der Waals surface area contributed by atoms with Gasteiger partial charge in [-0.1, -0.05) is 306 Å². The largest absolute Gasteiger partial charge is 1.00 e. The van der Waals surface area contributed by atoms with E-state index < -0.39 is 30.8 Å². The van der Waals surface area contributed by atoms with Crippen molar-refractivity contribution in [1.29, 1.82) is 0 Å². The summed E-state index contributed by atoms with van der Waals surface area (Å²) in [6.45, 7) is 23.7. The van der Waals surface area contributed by atoms with Crippen molar-refractivity contribution in [2.24, 2.45) is 0 Å². The SMILES string of the molecule is CCCCCCCCCCCCc1ccc(S(=O)(=O)[O-])cc1.CCCCn1/c(=C/C=C2\CCCC(/C=C/C3=[N+](CCCC)c4cccc5cccc3c45)=C2c2ccccc2)c2cccc3cccc1c32.O=S(=O)=O.[CH2-]CCCN1C(=CC=CC=CC=CC2=[N+](CCCCS(=O)(=O)[O-])c3ccc4ccccc4c3C2(C)C)C(C)(C)c2c1ccc1ccccc21.[Na+]. The predicted octanol–water partition coefficient (Wildman–Crippen LogP) is 22.0. The van der Waals surface area contributed by atoms with Crippen molar-refractivity contribution in [3.8, 4) is 0 Å². The summed E-state index contributed by atoms with van der Waals surface area (Å²) in [5.41, 5.74) is 19.2. The Balaban J connectivity index is 0.000000188. The van der Waals surface area contributed by atoms with Crippen LogP contribution in [-0.2, 0) is 54.6 Å². The van der Waals surface area contributed by atoms with E-state index in [0.717, 1.165) is 81.5 Å². The molecule has 1 aromatic heterocycles. The van der Waals surface area contributed by atoms with E-state index in [2.05, 4.69) is 317 Å². The van der Waals surface area contributed by atoms with Crippen molar-refractivity contribution in [2.75, 3.05) is 30.3 Å². The molecule has 13 nitrogen and oxygen atoms in total. The van der Waals surface area contributed by atoms with Crippen molar-refractivity contribution in [1.82, 2.24) is 4.57 Å². The molecule has 4 aliphatic rings. The quantitative estimate of drug-likeness (QED) is 0.00940. The molecule has 15 rings (SSSR count). The summed E-state index contributed by atoms with van der Waals surface area (Å²) in [6, 6.07) is 70.5. The smallest absolute Gasteiger partial charge is 0.748 e. The first-order valence-corrected chi connectivity index (χ1v) is 48.5. The van der Waals surface area contributed by atoms with Gasteiger partial charge in [-0.15, -0.1) is 12.6 Å². The Bertz CT molecular complexity index is 6290. The number of aryl methyl sites for hydroxylation is 2. The van der Waals surface area contributed by atoms with Gasteiger partial charge in [-0.3, -0.25) is 0 Å². The Hall–Kier alpha value is -9.46. The fourth-order valence-electron chi connectivity index (χ4n) is 18.6. The third-order valence-corrected chi connectivity index (χ3v) is 26.2. The van der Waals surface area contributed by atoms with Crippen LogP contribution in [0.25, 0.3) is 65.6 Å². The van der Waals surface area contributed by atoms with E-state index in [0.29, 0.717) is 19.4 Å². The molecule has 0 amide bonds. The molecule has 4 heterocycles. The molecule has 0 radical (unpaired) electrons. The number of benzene rings is 10. The molecular weight excluding hydrogens is 1600 g/mol. The summed E-state index contributed by atoms with van der Waals surface area (Å²) < 4.78 is 99.0. The number of anilines is 1. The Morgan fingerprint density at radius 2 is 1.06 bits per heavy atom. The molecule has 124 heavy (non-hydrogen) atoms. The number of hydrogen-bond donors (Lipinski definition) is 0. The first-order chi connectivity index (χ1) is 59.5. The van der Waals surface area contributed by atoms with E-state index in [4.69, 9.17) is 12.6 Å². The molecule has 17 heteroatoms. The molecule has 0 saturated carbocycles. The molecule has 3 aliphatic heterocycles. The van der Waals surface area contributed by atoms with Gasteiger partial charge in [0, 0.05) is 100.0 Å². The minimum absolute atomic E-state index is 0. The zero-order valence-corrected chi connectivity index (χ0v) is 78.3. The number of fused-ring (bicyclic) bond motifs is 6. The van der Waals surface area contributed by atoms with Gasteiger partial charge in [0.15, 0.2) is 5.71 Å². The Labute approximate surface area is 760 Å². The van der Waals surface area contributed by atoms with Crippen molar-refractivity contribution in [2.45, 2.75) is 212 Å². The van der Waals surface area contributed by atoms with Crippen molar-refractivity contribution >= 4 is 125 Å². The standard InChI is InChI=1S/C46H45N2.C43H48N2O3S.C18H30O3S.Na.O3S/c1-3-5-31-47-40(38-23-11-19-34-21-13-25-42(47)45(34)38)29-27-36-17-10-18-37(44(36)33-15-8-7-9-16-33)28-30-41-39-24-12-20-35-22-14-26-43(46(35)39)48(41)32-6-4-2;1-6-7-29-44-36-27-25-32-19-13-15-21-34(32)40(36)42(2,3)38(44)23-11-9-8-10-12-24-39-43(4,5)41-35-22-16-14-20-33(35)26-28-37(41)45(39)30-17-18-31-49(46,47)48;1-2-3-4-5-6-7-8-9-10-11-12-17-13-15-18(16-14-17)22(19,20)21;;1-4(2)3/h7-9,11-16,19-30H,3-6,10,17-18,31-32H2,1-2H3;8-16,19-28H,1,6-7,17-18,29-31H2,2-5H3,(H,46,47,48);13-16H,2-12H2,1H3,(H,19,20,21);;/q+1;;;+1;/p-2. The van der Waals surface area contributed by atoms with Gasteiger partial charge in [0.05, 0.1) is 31.4 Å². The summed E-state index contributed by atoms with van der Waals surface area (Å²) in [5, 5.41) is 13.1. The van der Waals surface area contributed by atoms with Crippen LogP contribution in [-0.4, -0.2) is 89.1 Å². The average Bonchev–Trinajstić information content (AvgIpc) is 1.58. The second-order valence-electron chi connectivity index (χ2n) is 33.8. The van der Waals surface area contributed by atoms with Gasteiger partial charge in [0.2, 0.25) is 17.1 Å². The van der Waals surface area contributed by atoms with Crippen LogP contribution in [0.1, 0.15) is 211 Å². The molecular formula is C107H121N4NaO9S3. The van der Waals surface area contributed by atoms with E-state index in [1.807, 2.05) is 0 Å². The van der Waals surface area contributed by atoms with Gasteiger partial charge < -0.3 is 25.5 Å². The third-order valence-electron chi connectivity index (χ3n) is 24.6. The minimum Gasteiger partial charge on any atom is -0.748 e. The molecule has 0 spiro atoms. The zero-order chi connectivity index (χ0) is 87.1. The van der Waals surface area contributed by atoms with Gasteiger partial charge in [0.1, 0.15) is 23.2 Å². The van der Waals surface area contributed by atoms with E-state index in [1.165, 1.54) is 217 Å². The second kappa shape index (κ2) is 45.1. The van der Waals surface area contributed by atoms with Crippen LogP contribution < -0.4 is 39.8 Å². The van der Waals surface area contributed by atoms with E-state index in [9.17, 15) is 25.9 Å². The van der Waals surface area contributed by atoms with E-state index in [-0.39, 0.29) is 51.0 Å². The summed E-state index contributed by atoms with van der Waals surface area (Å²) in [6.07, 6.45) is 49.5. The number of nitrogens with zero attached hydrogens (tertiary/aromatic N) is 4. The third kappa shape index (κ3) is 23.4. The summed E-state index contributed by atoms with van der Waals surface area (Å²) >= 11 is 0. The van der Waals surface area contributed by atoms with Crippen LogP contribution in [0.3, 0.4) is 0 Å². The van der Waals surface area contributed by atoms with Crippen molar-refractivity contribution in [3.05, 3.63) is 318 Å². The van der Waals surface area contributed by atoms with Gasteiger partial charge in [-0.05, 0) is 173 Å². The molecule has 0 N–H and O–H groups in total. The summed E-state index contributed by atoms with van der Waals surface area (Å²) in [4.78, 5) is 2.33. The molecule has 0 saturated heterocycles. The molecule has 642 valence electrons. The fourth-order valence-corrected chi connectivity index (χ4v) is 19.7. The summed E-state index contributed by atoms with van der Waals surface area (Å²) in [5.74, 6) is -0.335. The topological polar surface area (TPSA) is 180 Å². The number of hydrogen-bond acceptors (Lipinski definition) is 10. The monoisotopic (exact) mass is 1720 g/mol. The first kappa shape index (κ1) is 95.2. The van der Waals surface area contributed by atoms with Gasteiger partial charge in [0.25, 0.3) is 0 Å². The van der Waals surface area contributed by atoms with Crippen LogP contribution in [0.5, 0.6) is 0 Å². The number of aromatic nitrogens is 1. The van der Waals surface area contributed by atoms with Gasteiger partial charge in [-0.25, -0.2) is 16.8 Å². The maximum atomic E-state index is 11.2. The Morgan fingerprint density at radius 1 is 0.484 bits per heavy atom. The number of unbranched alkanes of at least 4 members (excludes halogenated alkanes) is 13. The molecule has 0 unspecified atom stereocenters. The minimum atomic E-state index is -4.31. The summed E-state index contributed by atoms with van der Waals surface area (Å²) in [7, 11) is -11.7. The van der Waals surface area contributed by atoms with Gasteiger partial charge >= 0.3 is 40.2 Å². The van der Waals surface area contributed by atoms with Crippen LogP contribution >= 0.6 is 0 Å². The van der Waals surface area contributed by atoms with Crippen LogP contribution in [0, 0.1) is 6.92 Å². The van der Waals surface area contributed by atoms with Crippen molar-refractivity contribution < 1.29 is 77.3 Å². The molecule has 0 fully saturated rings. The maximum Gasteiger partial charge on any atom is 1.00 e. The van der Waals surface area contributed by atoms with Crippen molar-refractivity contribution in [3.63, 3.8) is 0 Å². The zero-order valence-electron chi connectivity index (χ0n) is 73.9. The van der Waals surface area contributed by atoms with E-state index >= 15 is 0 Å². The molecule has 0 bridgehead atoms. The molecule has 1 aliphatic carbocycles. The first-order valence-electron chi connectivity index (χ1n) is 44.6.